The van der Waals surface area contributed by atoms with Crippen LogP contribution in [-0.2, 0) is 14.3 Å². The molecular weight excluding hydrogens is 402 g/mol. The largest absolute Gasteiger partial charge is 0.480 e. The van der Waals surface area contributed by atoms with E-state index in [4.69, 9.17) is 20.8 Å². The molecule has 0 atom stereocenters. The van der Waals surface area contributed by atoms with Crippen LogP contribution >= 0.6 is 11.3 Å². The summed E-state index contributed by atoms with van der Waals surface area (Å²) in [4.78, 5) is 29.8. The van der Waals surface area contributed by atoms with Gasteiger partial charge in [-0.05, 0) is 58.9 Å². The van der Waals surface area contributed by atoms with Crippen LogP contribution in [0.2, 0.25) is 0 Å². The Kier molecular flexibility index (Phi) is 6.94. The molecule has 30 heavy (non-hydrogen) atoms. The maximum atomic E-state index is 12.8. The summed E-state index contributed by atoms with van der Waals surface area (Å²) in [6.45, 7) is 17.6. The van der Waals surface area contributed by atoms with Crippen molar-refractivity contribution >= 4 is 29.0 Å². The minimum Gasteiger partial charge on any atom is -0.480 e. The Labute approximate surface area is 181 Å². The molecule has 0 radical (unpaired) electrons. The molecule has 1 aromatic carbocycles. The van der Waals surface area contributed by atoms with E-state index in [9.17, 15) is 9.59 Å². The van der Waals surface area contributed by atoms with Crippen LogP contribution in [0, 0.1) is 13.5 Å². The van der Waals surface area contributed by atoms with Crippen LogP contribution in [0.3, 0.4) is 0 Å². The van der Waals surface area contributed by atoms with Gasteiger partial charge in [-0.2, -0.15) is 0 Å². The number of thiophene rings is 1. The lowest BCUT2D eigenvalue weighted by molar-refractivity contribution is -0.157. The number of carbonyl (C=O) groups excluding carboxylic acids is 2. The maximum absolute atomic E-state index is 12.8. The van der Waals surface area contributed by atoms with Gasteiger partial charge in [-0.15, -0.1) is 11.3 Å². The zero-order valence-electron chi connectivity index (χ0n) is 18.5. The van der Waals surface area contributed by atoms with E-state index in [0.717, 1.165) is 16.0 Å². The summed E-state index contributed by atoms with van der Waals surface area (Å²) in [5.41, 5.74) is 0.862. The summed E-state index contributed by atoms with van der Waals surface area (Å²) in [7, 11) is 0. The molecule has 2 aromatic rings. The summed E-state index contributed by atoms with van der Waals surface area (Å²) in [5.74, 6) is -0.723. The van der Waals surface area contributed by atoms with Gasteiger partial charge in [-0.3, -0.25) is 0 Å². The Bertz CT molecular complexity index is 986. The lowest BCUT2D eigenvalue weighted by Crippen LogP contribution is -2.28. The lowest BCUT2D eigenvalue weighted by atomic mass is 10.1. The molecule has 0 saturated heterocycles. The van der Waals surface area contributed by atoms with Gasteiger partial charge >= 0.3 is 17.6 Å². The van der Waals surface area contributed by atoms with Crippen molar-refractivity contribution in [3.8, 4) is 22.8 Å². The van der Waals surface area contributed by atoms with Crippen molar-refractivity contribution in [1.29, 1.82) is 0 Å². The number of benzene rings is 1. The van der Waals surface area contributed by atoms with Crippen molar-refractivity contribution in [1.82, 2.24) is 0 Å². The number of rotatable bonds is 5. The molecule has 0 amide bonds. The van der Waals surface area contributed by atoms with Crippen molar-refractivity contribution in [3.05, 3.63) is 39.6 Å². The van der Waals surface area contributed by atoms with E-state index in [0.29, 0.717) is 11.4 Å². The SMILES string of the molecule is C#[N+]c1cccc(-c2sc(C(=O)OC(C)(C)C)c(OCC(=O)OC(C)(C)C)c2C)c1. The molecule has 6 nitrogen and oxygen atoms in total. The van der Waals surface area contributed by atoms with Crippen LogP contribution in [-0.4, -0.2) is 29.7 Å². The fraction of sp³-hybridized carbons (Fsp3) is 0.435. The van der Waals surface area contributed by atoms with Gasteiger partial charge in [0.25, 0.3) is 6.57 Å². The molecule has 0 saturated carbocycles. The number of nitrogens with zero attached hydrogens (tertiary/aromatic N) is 1. The highest BCUT2D eigenvalue weighted by molar-refractivity contribution is 7.18. The van der Waals surface area contributed by atoms with Crippen LogP contribution in [0.25, 0.3) is 15.3 Å². The molecule has 0 fully saturated rings. The Morgan fingerprint density at radius 2 is 1.70 bits per heavy atom. The molecule has 0 aliphatic heterocycles. The van der Waals surface area contributed by atoms with Crippen LogP contribution in [0.4, 0.5) is 5.69 Å². The van der Waals surface area contributed by atoms with E-state index >= 15 is 0 Å². The third kappa shape index (κ3) is 6.33. The van der Waals surface area contributed by atoms with E-state index in [1.807, 2.05) is 25.1 Å². The summed E-state index contributed by atoms with van der Waals surface area (Å²) in [6.07, 6.45) is 0. The number of hydrogen-bond donors (Lipinski definition) is 0. The molecular formula is C23H28NO5S+. The molecule has 7 heteroatoms. The Morgan fingerprint density at radius 3 is 2.27 bits per heavy atom. The summed E-state index contributed by atoms with van der Waals surface area (Å²) in [6, 6.07) is 7.31. The van der Waals surface area contributed by atoms with Crippen LogP contribution in [0.15, 0.2) is 24.3 Å². The van der Waals surface area contributed by atoms with Crippen LogP contribution < -0.4 is 4.74 Å². The van der Waals surface area contributed by atoms with Gasteiger partial charge in [-0.1, -0.05) is 12.1 Å². The van der Waals surface area contributed by atoms with Crippen molar-refractivity contribution in [2.24, 2.45) is 0 Å². The highest BCUT2D eigenvalue weighted by Crippen LogP contribution is 2.43. The van der Waals surface area contributed by atoms with E-state index in [-0.39, 0.29) is 11.5 Å². The van der Waals surface area contributed by atoms with Gasteiger partial charge in [0.2, 0.25) is 0 Å². The first-order valence-electron chi connectivity index (χ1n) is 9.53. The number of ether oxygens (including phenoxy) is 3. The molecule has 0 bridgehead atoms. The number of esters is 2. The normalized spacial score (nSPS) is 11.5. The third-order valence-electron chi connectivity index (χ3n) is 3.69. The quantitative estimate of drug-likeness (QED) is 0.545. The lowest BCUT2D eigenvalue weighted by Gasteiger charge is -2.20. The highest BCUT2D eigenvalue weighted by Gasteiger charge is 2.28. The van der Waals surface area contributed by atoms with Gasteiger partial charge in [0.1, 0.15) is 17.0 Å². The first-order valence-corrected chi connectivity index (χ1v) is 10.3. The molecule has 160 valence electrons. The minimum atomic E-state index is -0.671. The summed E-state index contributed by atoms with van der Waals surface area (Å²) < 4.78 is 16.6. The molecule has 0 spiro atoms. The first kappa shape index (κ1) is 23.4. The number of hydrogen-bond acceptors (Lipinski definition) is 6. The predicted octanol–water partition coefficient (Wildman–Crippen LogP) is 5.99. The van der Waals surface area contributed by atoms with Crippen LogP contribution in [0.1, 0.15) is 56.8 Å². The second-order valence-corrected chi connectivity index (χ2v) is 9.79. The Hall–Kier alpha value is -2.85. The molecule has 0 N–H and O–H groups in total. The predicted molar refractivity (Wildman–Crippen MR) is 119 cm³/mol. The topological polar surface area (TPSA) is 66.2 Å². The minimum absolute atomic E-state index is 0.288. The van der Waals surface area contributed by atoms with Gasteiger partial charge in [-0.25, -0.2) is 9.59 Å². The van der Waals surface area contributed by atoms with Gasteiger partial charge < -0.3 is 14.2 Å². The molecule has 0 aliphatic rings. The van der Waals surface area contributed by atoms with E-state index in [1.165, 1.54) is 11.3 Å². The number of carbonyl (C=O) groups is 2. The third-order valence-corrected chi connectivity index (χ3v) is 4.99. The molecule has 2 rings (SSSR count). The zero-order valence-corrected chi connectivity index (χ0v) is 19.3. The van der Waals surface area contributed by atoms with Gasteiger partial charge in [0, 0.05) is 22.6 Å². The molecule has 1 aromatic heterocycles. The highest BCUT2D eigenvalue weighted by atomic mass is 32.1. The van der Waals surface area contributed by atoms with Crippen molar-refractivity contribution < 1.29 is 23.8 Å². The van der Waals surface area contributed by atoms with Crippen molar-refractivity contribution in [2.75, 3.05) is 6.61 Å². The maximum Gasteiger partial charge on any atom is 0.352 e. The Balaban J connectivity index is 2.44. The van der Waals surface area contributed by atoms with Crippen molar-refractivity contribution in [3.63, 3.8) is 0 Å². The average Bonchev–Trinajstić information content (AvgIpc) is 2.94. The summed E-state index contributed by atoms with van der Waals surface area (Å²) in [5, 5.41) is 0. The van der Waals surface area contributed by atoms with E-state index < -0.39 is 23.1 Å². The first-order chi connectivity index (χ1) is 13.8. The second-order valence-electron chi connectivity index (χ2n) is 8.77. The average molecular weight is 431 g/mol. The van der Waals surface area contributed by atoms with Crippen molar-refractivity contribution in [2.45, 2.75) is 59.7 Å². The zero-order chi connectivity index (χ0) is 22.7. The molecule has 0 unspecified atom stereocenters. The fourth-order valence-corrected chi connectivity index (χ4v) is 3.76. The van der Waals surface area contributed by atoms with Gasteiger partial charge in [0.15, 0.2) is 11.5 Å². The smallest absolute Gasteiger partial charge is 0.352 e. The molecule has 0 aliphatic carbocycles. The standard InChI is InChI=1S/C23H28NO5S/c1-14-18(27-13-17(25)28-22(2,3)4)20(21(26)29-23(5,6)7)30-19(14)15-10-9-11-16(12-15)24-8/h8-12H,13H2,1-7H3/q+1. The van der Waals surface area contributed by atoms with E-state index in [2.05, 4.69) is 4.85 Å². The molecule has 1 heterocycles. The second kappa shape index (κ2) is 8.88. The fourth-order valence-electron chi connectivity index (χ4n) is 2.64. The van der Waals surface area contributed by atoms with E-state index in [1.54, 1.807) is 47.6 Å². The van der Waals surface area contributed by atoms with Gasteiger partial charge in [0.05, 0.1) is 0 Å². The Morgan fingerprint density at radius 1 is 1.07 bits per heavy atom. The van der Waals surface area contributed by atoms with Crippen LogP contribution in [0.5, 0.6) is 5.75 Å². The monoisotopic (exact) mass is 430 g/mol. The summed E-state index contributed by atoms with van der Waals surface area (Å²) >= 11 is 1.24.